The molecular formula is C50H80N8O16. The minimum Gasteiger partial charge on any atom is -0.508 e. The summed E-state index contributed by atoms with van der Waals surface area (Å²) in [6, 6.07) is -6.00. The molecule has 0 saturated carbocycles. The molecule has 24 nitrogen and oxygen atoms in total. The number of aliphatic hydroxyl groups is 7. The number of carbonyl (C=O) groups is 8. The van der Waals surface area contributed by atoms with E-state index in [0.717, 1.165) is 55.2 Å². The molecule has 1 aromatic rings. The van der Waals surface area contributed by atoms with Crippen molar-refractivity contribution in [3.05, 3.63) is 29.8 Å². The van der Waals surface area contributed by atoms with Crippen molar-refractivity contribution in [1.82, 2.24) is 36.4 Å². The molecule has 3 saturated heterocycles. The summed E-state index contributed by atoms with van der Waals surface area (Å²) >= 11 is 0. The number of nitrogens with zero attached hydrogens (tertiary/aromatic N) is 2. The van der Waals surface area contributed by atoms with Crippen LogP contribution in [-0.4, -0.2) is 184 Å². The average Bonchev–Trinajstić information content (AvgIpc) is 3.93. The second-order valence-electron chi connectivity index (χ2n) is 20.5. The fraction of sp³-hybridized carbons (Fsp3) is 0.720. The third-order valence-electron chi connectivity index (χ3n) is 14.2. The number of aromatic hydroxyl groups is 1. The summed E-state index contributed by atoms with van der Waals surface area (Å²) in [5.41, 5.74) is 5.48. The summed E-state index contributed by atoms with van der Waals surface area (Å²) in [5, 5.41) is 99.1. The van der Waals surface area contributed by atoms with Gasteiger partial charge in [-0.3, -0.25) is 38.4 Å². The van der Waals surface area contributed by atoms with Crippen LogP contribution in [0.3, 0.4) is 0 Å². The van der Waals surface area contributed by atoms with E-state index in [0.29, 0.717) is 24.7 Å². The third kappa shape index (κ3) is 17.8. The Balaban J connectivity index is 1.67. The van der Waals surface area contributed by atoms with E-state index in [4.69, 9.17) is 5.73 Å². The number of hydrogen-bond donors (Lipinski definition) is 14. The lowest BCUT2D eigenvalue weighted by Gasteiger charge is -2.33. The predicted molar refractivity (Wildman–Crippen MR) is 264 cm³/mol. The van der Waals surface area contributed by atoms with Crippen molar-refractivity contribution in [3.8, 4) is 5.75 Å². The summed E-state index contributed by atoms with van der Waals surface area (Å²) < 4.78 is 0. The van der Waals surface area contributed by atoms with E-state index in [-0.39, 0.29) is 24.2 Å². The first kappa shape index (κ1) is 61.1. The first-order valence-electron chi connectivity index (χ1n) is 25.9. The molecule has 0 aromatic heterocycles. The molecule has 0 spiro atoms. The van der Waals surface area contributed by atoms with Gasteiger partial charge in [0.1, 0.15) is 48.1 Å². The van der Waals surface area contributed by atoms with Gasteiger partial charge in [0.15, 0.2) is 6.23 Å². The predicted octanol–water partition coefficient (Wildman–Crippen LogP) is -2.31. The normalized spacial score (nSPS) is 28.8. The van der Waals surface area contributed by atoms with Gasteiger partial charge in [0.25, 0.3) is 0 Å². The van der Waals surface area contributed by atoms with Crippen molar-refractivity contribution in [2.75, 3.05) is 13.1 Å². The summed E-state index contributed by atoms with van der Waals surface area (Å²) in [5.74, 6) is -7.77. The highest BCUT2D eigenvalue weighted by molar-refractivity contribution is 5.98. The number of aliphatic hydroxyl groups excluding tert-OH is 7. The number of nitrogens with two attached hydrogens (primary N) is 1. The largest absolute Gasteiger partial charge is 0.508 e. The molecule has 1 aromatic carbocycles. The topological polar surface area (TPSA) is 391 Å². The van der Waals surface area contributed by atoms with E-state index in [2.05, 4.69) is 47.4 Å². The fourth-order valence-corrected chi connectivity index (χ4v) is 9.75. The summed E-state index contributed by atoms with van der Waals surface area (Å²) in [7, 11) is 0. The number of rotatable bonds is 20. The van der Waals surface area contributed by atoms with Crippen molar-refractivity contribution in [2.24, 2.45) is 17.6 Å². The zero-order valence-electron chi connectivity index (χ0n) is 42.8. The average molecular weight is 1050 g/mol. The maximum atomic E-state index is 14.4. The molecule has 24 heteroatoms. The molecule has 0 aliphatic carbocycles. The molecule has 0 radical (unpaired) electrons. The maximum Gasteiger partial charge on any atom is 0.248 e. The lowest BCUT2D eigenvalue weighted by atomic mass is 9.91. The number of nitrogens with one attached hydrogen (secondary N) is 5. The number of amides is 8. The second kappa shape index (κ2) is 29.0. The Morgan fingerprint density at radius 1 is 0.743 bits per heavy atom. The zero-order chi connectivity index (χ0) is 55.0. The molecule has 0 bridgehead atoms. The van der Waals surface area contributed by atoms with Crippen LogP contribution in [0.2, 0.25) is 0 Å². The van der Waals surface area contributed by atoms with Crippen LogP contribution in [0.1, 0.15) is 136 Å². The monoisotopic (exact) mass is 1050 g/mol. The maximum absolute atomic E-state index is 14.4. The van der Waals surface area contributed by atoms with Gasteiger partial charge in [0, 0.05) is 38.8 Å². The molecule has 8 amide bonds. The van der Waals surface area contributed by atoms with Crippen LogP contribution in [0.25, 0.3) is 0 Å². The molecular weight excluding hydrogens is 969 g/mol. The highest BCUT2D eigenvalue weighted by Crippen LogP contribution is 2.26. The second-order valence-corrected chi connectivity index (χ2v) is 20.5. The molecule has 416 valence electrons. The van der Waals surface area contributed by atoms with Gasteiger partial charge in [-0.25, -0.2) is 0 Å². The lowest BCUT2D eigenvalue weighted by Crippen LogP contribution is -2.62. The highest BCUT2D eigenvalue weighted by Gasteiger charge is 2.48. The van der Waals surface area contributed by atoms with Gasteiger partial charge < -0.3 is 83.0 Å². The Kier molecular flexibility index (Phi) is 23.9. The molecule has 15 unspecified atom stereocenters. The first-order chi connectivity index (χ1) is 34.9. The molecule has 3 heterocycles. The molecule has 15 N–H and O–H groups in total. The third-order valence-corrected chi connectivity index (χ3v) is 14.2. The van der Waals surface area contributed by atoms with E-state index in [1.54, 1.807) is 0 Å². The highest BCUT2D eigenvalue weighted by atomic mass is 16.3. The van der Waals surface area contributed by atoms with Gasteiger partial charge in [-0.15, -0.1) is 0 Å². The van der Waals surface area contributed by atoms with Gasteiger partial charge in [-0.1, -0.05) is 77.8 Å². The van der Waals surface area contributed by atoms with Crippen molar-refractivity contribution in [1.29, 1.82) is 0 Å². The minimum atomic E-state index is -2.25. The van der Waals surface area contributed by atoms with Crippen LogP contribution in [-0.2, 0) is 38.4 Å². The number of hydrogen-bond acceptors (Lipinski definition) is 16. The van der Waals surface area contributed by atoms with Gasteiger partial charge in [0.2, 0.25) is 47.3 Å². The summed E-state index contributed by atoms with van der Waals surface area (Å²) in [6.45, 7) is 6.93. The van der Waals surface area contributed by atoms with Crippen LogP contribution in [0.4, 0.5) is 0 Å². The number of primary amides is 1. The Morgan fingerprint density at radius 2 is 1.36 bits per heavy atom. The summed E-state index contributed by atoms with van der Waals surface area (Å²) in [4.78, 5) is 112. The summed E-state index contributed by atoms with van der Waals surface area (Å²) in [6.07, 6.45) is -7.35. The molecule has 74 heavy (non-hydrogen) atoms. The van der Waals surface area contributed by atoms with Crippen molar-refractivity contribution < 1.29 is 79.2 Å². The number of phenols is 1. The van der Waals surface area contributed by atoms with Crippen molar-refractivity contribution >= 4 is 47.3 Å². The zero-order valence-corrected chi connectivity index (χ0v) is 42.8. The van der Waals surface area contributed by atoms with Gasteiger partial charge >= 0.3 is 0 Å². The van der Waals surface area contributed by atoms with Crippen LogP contribution in [0.15, 0.2) is 24.3 Å². The van der Waals surface area contributed by atoms with E-state index >= 15 is 0 Å². The van der Waals surface area contributed by atoms with Gasteiger partial charge in [-0.2, -0.15) is 0 Å². The molecule has 15 atom stereocenters. The Bertz CT molecular complexity index is 2070. The Morgan fingerprint density at radius 3 is 2.00 bits per heavy atom. The lowest BCUT2D eigenvalue weighted by molar-refractivity contribution is -0.148. The Hall–Kier alpha value is -5.50. The standard InChI is InChI=1S/C50H80N8O16/c1-5-26(2)20-27(3)12-10-8-6-7-9-11-13-40(67)52-32-23-38(65)47(71)56-48(72)43-35(62)18-19-57(43)50(74)42(37(64)24-39(51)66)55-45(69)33(22-36(63)29-14-16-30(60)17-15-29)53-46(70)34-21-31(61)25-58(34)49(73)41(28(4)59)54-44(32)68/h14-17,26-28,31-38,41-43,47,59-65,71H,5-13,18-25H2,1-4H3,(H2,51,66)(H,52,67)(H,53,70)(H,54,68)(H,55,69)(H,56,72). The first-order valence-corrected chi connectivity index (χ1v) is 25.9. The van der Waals surface area contributed by atoms with Crippen LogP contribution < -0.4 is 32.3 Å². The Labute approximate surface area is 431 Å². The number of fused-ring (bicyclic) bond motifs is 2. The van der Waals surface area contributed by atoms with E-state index in [1.807, 2.05) is 0 Å². The van der Waals surface area contributed by atoms with E-state index in [9.17, 15) is 79.2 Å². The van der Waals surface area contributed by atoms with Crippen LogP contribution >= 0.6 is 0 Å². The minimum absolute atomic E-state index is 0.0603. The molecule has 3 aliphatic rings. The van der Waals surface area contributed by atoms with E-state index in [1.165, 1.54) is 30.7 Å². The van der Waals surface area contributed by atoms with Crippen molar-refractivity contribution in [2.45, 2.75) is 203 Å². The smallest absolute Gasteiger partial charge is 0.248 e. The van der Waals surface area contributed by atoms with E-state index < -0.39 is 165 Å². The number of benzene rings is 1. The SMILES string of the molecule is CCC(C)CC(C)CCCCCCCCC(=O)NC1CC(O)C(O)NC(=O)C2C(O)CCN2C(=O)C(C(O)CC(N)=O)NC(=O)C(CC(O)c2ccc(O)cc2)NC(=O)C2CC(O)CN2C(=O)C(C(C)O)NC1=O. The molecule has 4 rings (SSSR count). The van der Waals surface area contributed by atoms with Crippen molar-refractivity contribution in [3.63, 3.8) is 0 Å². The van der Waals surface area contributed by atoms with Crippen LogP contribution in [0.5, 0.6) is 5.75 Å². The van der Waals surface area contributed by atoms with Gasteiger partial charge in [-0.05, 0) is 55.7 Å². The molecule has 3 aliphatic heterocycles. The molecule has 3 fully saturated rings. The van der Waals surface area contributed by atoms with Crippen LogP contribution in [0, 0.1) is 11.8 Å². The number of phenolic OH excluding ortho intramolecular Hbond substituents is 1. The fourth-order valence-electron chi connectivity index (χ4n) is 9.75. The van der Waals surface area contributed by atoms with Gasteiger partial charge in [0.05, 0.1) is 36.9 Å². The number of unbranched alkanes of at least 4 members (excludes halogenated alkanes) is 5. The number of carbonyl (C=O) groups excluding carboxylic acids is 8. The quantitative estimate of drug-likeness (QED) is 0.0610.